The first-order chi connectivity index (χ1) is 17.1. The Hall–Kier alpha value is -4.69. The number of aromatic nitrogens is 2. The molecule has 35 heavy (non-hydrogen) atoms. The normalized spacial score (nSPS) is 11.2. The number of nitrogen functional groups attached to an aromatic ring is 1. The summed E-state index contributed by atoms with van der Waals surface area (Å²) in [7, 11) is 0. The molecule has 0 aliphatic carbocycles. The molecule has 7 nitrogen and oxygen atoms in total. The number of carbonyl (C=O) groups excluding carboxylic acids is 1. The second-order valence-electron chi connectivity index (χ2n) is 7.96. The van der Waals surface area contributed by atoms with Crippen LogP contribution in [0.15, 0.2) is 94.1 Å². The fraction of sp³-hybridized carbons (Fsp3) is 0. The average molecular weight is 479 g/mol. The third-order valence-corrected chi connectivity index (χ3v) is 6.82. The largest absolute Gasteiger partial charge is 0.422 e. The number of fused-ring (bicyclic) bond motifs is 2. The van der Waals surface area contributed by atoms with Crippen molar-refractivity contribution in [1.29, 1.82) is 0 Å². The summed E-state index contributed by atoms with van der Waals surface area (Å²) in [6.45, 7) is 0. The molecular formula is C27H18N4O3S. The standard InChI is InChI=1S/C27H18N4O3S/c28-22-21(25-30-18-11-5-6-12-19(18)31-25)26(29-16-9-2-1-3-10-16)35-24(22)23(32)17-14-15-8-4-7-13-20(15)34-27(17)33/h1-14,29H,28H2,(H,30,31). The predicted octanol–water partition coefficient (Wildman–Crippen LogP) is 5.95. The maximum absolute atomic E-state index is 13.6. The molecule has 3 heterocycles. The number of ketones is 1. The van der Waals surface area contributed by atoms with Gasteiger partial charge in [-0.2, -0.15) is 0 Å². The highest BCUT2D eigenvalue weighted by molar-refractivity contribution is 7.19. The van der Waals surface area contributed by atoms with Crippen LogP contribution < -0.4 is 16.7 Å². The van der Waals surface area contributed by atoms with E-state index >= 15 is 0 Å². The van der Waals surface area contributed by atoms with E-state index in [1.165, 1.54) is 11.3 Å². The SMILES string of the molecule is Nc1c(C(=O)c2cc3ccccc3oc2=O)sc(Nc2ccccc2)c1-c1nc2ccccc2[nH]1. The molecule has 0 radical (unpaired) electrons. The molecule has 6 rings (SSSR count). The van der Waals surface area contributed by atoms with E-state index in [4.69, 9.17) is 10.2 Å². The van der Waals surface area contributed by atoms with E-state index in [1.807, 2.05) is 60.7 Å². The van der Waals surface area contributed by atoms with Crippen LogP contribution in [-0.4, -0.2) is 15.8 Å². The summed E-state index contributed by atoms with van der Waals surface area (Å²) in [5.74, 6) is 0.0356. The lowest BCUT2D eigenvalue weighted by Gasteiger charge is -2.06. The van der Waals surface area contributed by atoms with Gasteiger partial charge in [-0.1, -0.05) is 48.5 Å². The van der Waals surface area contributed by atoms with Gasteiger partial charge in [0.15, 0.2) is 0 Å². The number of imidazole rings is 1. The van der Waals surface area contributed by atoms with Gasteiger partial charge in [0.1, 0.15) is 26.8 Å². The number of aromatic amines is 1. The Bertz CT molecular complexity index is 1750. The molecule has 0 fully saturated rings. The van der Waals surface area contributed by atoms with E-state index < -0.39 is 11.4 Å². The van der Waals surface area contributed by atoms with Crippen molar-refractivity contribution < 1.29 is 9.21 Å². The third kappa shape index (κ3) is 3.66. The average Bonchev–Trinajstić information content (AvgIpc) is 3.44. The van der Waals surface area contributed by atoms with Crippen molar-refractivity contribution in [3.8, 4) is 11.4 Å². The van der Waals surface area contributed by atoms with Crippen molar-refractivity contribution in [2.75, 3.05) is 11.1 Å². The van der Waals surface area contributed by atoms with Gasteiger partial charge >= 0.3 is 5.63 Å². The smallest absolute Gasteiger partial charge is 0.347 e. The molecule has 0 bridgehead atoms. The van der Waals surface area contributed by atoms with Gasteiger partial charge < -0.3 is 20.5 Å². The zero-order chi connectivity index (χ0) is 23.9. The van der Waals surface area contributed by atoms with Crippen molar-refractivity contribution in [2.24, 2.45) is 0 Å². The van der Waals surface area contributed by atoms with E-state index in [0.29, 0.717) is 27.4 Å². The van der Waals surface area contributed by atoms with E-state index in [2.05, 4.69) is 15.3 Å². The molecule has 0 spiro atoms. The first kappa shape index (κ1) is 20.9. The zero-order valence-electron chi connectivity index (χ0n) is 18.2. The van der Waals surface area contributed by atoms with Gasteiger partial charge in [0.05, 0.1) is 22.3 Å². The van der Waals surface area contributed by atoms with E-state index in [1.54, 1.807) is 24.3 Å². The van der Waals surface area contributed by atoms with Crippen LogP contribution in [0.3, 0.4) is 0 Å². The van der Waals surface area contributed by atoms with Crippen molar-refractivity contribution in [2.45, 2.75) is 0 Å². The lowest BCUT2D eigenvalue weighted by Crippen LogP contribution is -2.14. The summed E-state index contributed by atoms with van der Waals surface area (Å²) in [5, 5.41) is 4.65. The van der Waals surface area contributed by atoms with Crippen molar-refractivity contribution in [3.05, 3.63) is 106 Å². The van der Waals surface area contributed by atoms with E-state index in [9.17, 15) is 9.59 Å². The third-order valence-electron chi connectivity index (χ3n) is 5.70. The maximum Gasteiger partial charge on any atom is 0.347 e. The van der Waals surface area contributed by atoms with Crippen molar-refractivity contribution >= 4 is 55.5 Å². The molecule has 0 saturated carbocycles. The number of para-hydroxylation sites is 4. The van der Waals surface area contributed by atoms with Crippen LogP contribution in [-0.2, 0) is 0 Å². The molecule has 8 heteroatoms. The second-order valence-corrected chi connectivity index (χ2v) is 8.98. The number of hydrogen-bond acceptors (Lipinski definition) is 7. The van der Waals surface area contributed by atoms with Crippen molar-refractivity contribution in [3.63, 3.8) is 0 Å². The Labute approximate surface area is 202 Å². The van der Waals surface area contributed by atoms with Crippen LogP contribution in [0, 0.1) is 0 Å². The number of nitrogens with two attached hydrogens (primary N) is 1. The predicted molar refractivity (Wildman–Crippen MR) is 139 cm³/mol. The number of H-pyrrole nitrogens is 1. The number of benzene rings is 3. The van der Waals surface area contributed by atoms with Crippen LogP contribution in [0.2, 0.25) is 0 Å². The number of carbonyl (C=O) groups is 1. The molecule has 3 aromatic heterocycles. The minimum Gasteiger partial charge on any atom is -0.422 e. The molecular weight excluding hydrogens is 460 g/mol. The summed E-state index contributed by atoms with van der Waals surface area (Å²) >= 11 is 1.18. The molecule has 0 aliphatic rings. The fourth-order valence-corrected chi connectivity index (χ4v) is 5.10. The molecule has 6 aromatic rings. The van der Waals surface area contributed by atoms with Gasteiger partial charge in [0, 0.05) is 11.1 Å². The monoisotopic (exact) mass is 478 g/mol. The van der Waals surface area contributed by atoms with Gasteiger partial charge in [-0.25, -0.2) is 9.78 Å². The van der Waals surface area contributed by atoms with Gasteiger partial charge in [-0.15, -0.1) is 11.3 Å². The highest BCUT2D eigenvalue weighted by Gasteiger charge is 2.27. The van der Waals surface area contributed by atoms with Crippen LogP contribution in [0.25, 0.3) is 33.4 Å². The number of rotatable bonds is 5. The minimum absolute atomic E-state index is 0.0703. The quantitative estimate of drug-likeness (QED) is 0.208. The Kier molecular flexibility index (Phi) is 4.93. The minimum atomic E-state index is -0.704. The highest BCUT2D eigenvalue weighted by Crippen LogP contribution is 2.44. The number of thiophene rings is 1. The zero-order valence-corrected chi connectivity index (χ0v) is 19.1. The summed E-state index contributed by atoms with van der Waals surface area (Å²) in [6.07, 6.45) is 0. The number of hydrogen-bond donors (Lipinski definition) is 3. The fourth-order valence-electron chi connectivity index (χ4n) is 4.00. The van der Waals surface area contributed by atoms with Gasteiger partial charge in [-0.3, -0.25) is 4.79 Å². The molecule has 0 atom stereocenters. The van der Waals surface area contributed by atoms with Gasteiger partial charge in [0.25, 0.3) is 0 Å². The Morgan fingerprint density at radius 2 is 1.71 bits per heavy atom. The number of nitrogens with one attached hydrogen (secondary N) is 2. The lowest BCUT2D eigenvalue weighted by atomic mass is 10.1. The van der Waals surface area contributed by atoms with Crippen molar-refractivity contribution in [1.82, 2.24) is 9.97 Å². The lowest BCUT2D eigenvalue weighted by molar-refractivity contribution is 0.104. The highest BCUT2D eigenvalue weighted by atomic mass is 32.1. The van der Waals surface area contributed by atoms with Crippen LogP contribution in [0.4, 0.5) is 16.4 Å². The molecule has 170 valence electrons. The molecule has 0 amide bonds. The summed E-state index contributed by atoms with van der Waals surface area (Å²) in [6, 6.07) is 25.8. The summed E-state index contributed by atoms with van der Waals surface area (Å²) in [5.41, 5.74) is 9.48. The molecule has 4 N–H and O–H groups in total. The Morgan fingerprint density at radius 1 is 0.971 bits per heavy atom. The first-order valence-electron chi connectivity index (χ1n) is 10.9. The van der Waals surface area contributed by atoms with E-state index in [-0.39, 0.29) is 16.1 Å². The van der Waals surface area contributed by atoms with Gasteiger partial charge in [-0.05, 0) is 36.4 Å². The maximum atomic E-state index is 13.6. The van der Waals surface area contributed by atoms with E-state index in [0.717, 1.165) is 16.7 Å². The molecule has 0 saturated heterocycles. The first-order valence-corrected chi connectivity index (χ1v) is 11.7. The van der Waals surface area contributed by atoms with Crippen LogP contribution >= 0.6 is 11.3 Å². The Morgan fingerprint density at radius 3 is 2.54 bits per heavy atom. The molecule has 3 aromatic carbocycles. The summed E-state index contributed by atoms with van der Waals surface area (Å²) in [4.78, 5) is 34.5. The Balaban J connectivity index is 1.52. The van der Waals surface area contributed by atoms with Crippen LogP contribution in [0.1, 0.15) is 15.2 Å². The number of nitrogens with zero attached hydrogens (tertiary/aromatic N) is 1. The van der Waals surface area contributed by atoms with Gasteiger partial charge in [0.2, 0.25) is 5.78 Å². The molecule has 0 unspecified atom stereocenters. The second kappa shape index (κ2) is 8.27. The topological polar surface area (TPSA) is 114 Å². The summed E-state index contributed by atoms with van der Waals surface area (Å²) < 4.78 is 5.39. The number of anilines is 3. The molecule has 0 aliphatic heterocycles. The van der Waals surface area contributed by atoms with Crippen LogP contribution in [0.5, 0.6) is 0 Å².